The molecule has 0 spiro atoms. The van der Waals surface area contributed by atoms with Crippen LogP contribution in [0.5, 0.6) is 0 Å². The second-order valence-electron chi connectivity index (χ2n) is 4.31. The molecule has 2 atom stereocenters. The third-order valence-electron chi connectivity index (χ3n) is 3.21. The lowest BCUT2D eigenvalue weighted by atomic mass is 10.0. The van der Waals surface area contributed by atoms with Gasteiger partial charge in [0.15, 0.2) is 0 Å². The van der Waals surface area contributed by atoms with Crippen LogP contribution < -0.4 is 5.32 Å². The van der Waals surface area contributed by atoms with Gasteiger partial charge in [-0.3, -0.25) is 0 Å². The molecule has 2 heterocycles. The third kappa shape index (κ3) is 2.64. The number of rotatable bonds is 3. The van der Waals surface area contributed by atoms with Crippen molar-refractivity contribution in [2.24, 2.45) is 11.8 Å². The highest BCUT2D eigenvalue weighted by Crippen LogP contribution is 2.28. The predicted molar refractivity (Wildman–Crippen MR) is 62.7 cm³/mol. The average Bonchev–Trinajstić information content (AvgIpc) is 2.60. The van der Waals surface area contributed by atoms with Gasteiger partial charge in [-0.15, -0.1) is 12.4 Å². The first kappa shape index (κ1) is 13.2. The number of sulfonamides is 1. The Balaban J connectivity index is 0.00000112. The fourth-order valence-corrected chi connectivity index (χ4v) is 4.04. The van der Waals surface area contributed by atoms with Gasteiger partial charge in [0, 0.05) is 13.1 Å². The van der Waals surface area contributed by atoms with E-state index in [9.17, 15) is 8.42 Å². The number of nitrogens with zero attached hydrogens (tertiary/aromatic N) is 1. The van der Waals surface area contributed by atoms with Crippen molar-refractivity contribution in [1.82, 2.24) is 9.62 Å². The van der Waals surface area contributed by atoms with E-state index in [-0.39, 0.29) is 12.4 Å². The molecule has 2 aliphatic rings. The van der Waals surface area contributed by atoms with Crippen molar-refractivity contribution in [2.45, 2.75) is 13.3 Å². The molecule has 0 aliphatic carbocycles. The van der Waals surface area contributed by atoms with E-state index in [1.165, 1.54) is 0 Å². The second-order valence-corrected chi connectivity index (χ2v) is 6.40. The van der Waals surface area contributed by atoms with E-state index in [2.05, 4.69) is 5.32 Å². The van der Waals surface area contributed by atoms with Gasteiger partial charge in [-0.05, 0) is 31.3 Å². The normalized spacial score (nSPS) is 31.3. The first-order chi connectivity index (χ1) is 6.63. The lowest BCUT2D eigenvalue weighted by molar-refractivity contribution is 0.447. The van der Waals surface area contributed by atoms with Crippen molar-refractivity contribution in [3.63, 3.8) is 0 Å². The van der Waals surface area contributed by atoms with Crippen molar-refractivity contribution in [2.75, 3.05) is 31.9 Å². The van der Waals surface area contributed by atoms with Gasteiger partial charge in [-0.1, -0.05) is 6.92 Å². The Morgan fingerprint density at radius 1 is 1.27 bits per heavy atom. The van der Waals surface area contributed by atoms with E-state index in [0.29, 0.717) is 24.0 Å². The van der Waals surface area contributed by atoms with E-state index in [1.54, 1.807) is 4.31 Å². The standard InChI is InChI=1S/C9H18N2O2S.ClH/c1-2-3-14(12,13)11-6-8-4-10-5-9(8)7-11;/h8-10H,2-7H2,1H3;1H/t8-,9+;. The molecule has 6 heteroatoms. The van der Waals surface area contributed by atoms with Gasteiger partial charge in [-0.25, -0.2) is 12.7 Å². The van der Waals surface area contributed by atoms with Gasteiger partial charge in [0.25, 0.3) is 0 Å². The molecule has 0 unspecified atom stereocenters. The van der Waals surface area contributed by atoms with Gasteiger partial charge in [0.2, 0.25) is 10.0 Å². The summed E-state index contributed by atoms with van der Waals surface area (Å²) in [7, 11) is -2.95. The summed E-state index contributed by atoms with van der Waals surface area (Å²) in [5.41, 5.74) is 0. The molecular formula is C9H19ClN2O2S. The fourth-order valence-electron chi connectivity index (χ4n) is 2.43. The number of fused-ring (bicyclic) bond motifs is 1. The lowest BCUT2D eigenvalue weighted by Crippen LogP contribution is -2.33. The third-order valence-corrected chi connectivity index (χ3v) is 5.22. The number of halogens is 1. The highest BCUT2D eigenvalue weighted by Gasteiger charge is 2.40. The summed E-state index contributed by atoms with van der Waals surface area (Å²) in [4.78, 5) is 0. The van der Waals surface area contributed by atoms with Crippen LogP contribution in [0.3, 0.4) is 0 Å². The molecule has 2 saturated heterocycles. The van der Waals surface area contributed by atoms with Crippen LogP contribution in [0.2, 0.25) is 0 Å². The largest absolute Gasteiger partial charge is 0.316 e. The van der Waals surface area contributed by atoms with Crippen LogP contribution in [0.15, 0.2) is 0 Å². The highest BCUT2D eigenvalue weighted by molar-refractivity contribution is 7.89. The molecule has 0 bridgehead atoms. The maximum absolute atomic E-state index is 11.8. The Morgan fingerprint density at radius 3 is 2.27 bits per heavy atom. The molecule has 15 heavy (non-hydrogen) atoms. The zero-order valence-electron chi connectivity index (χ0n) is 8.98. The first-order valence-electron chi connectivity index (χ1n) is 5.32. The number of hydrogen-bond acceptors (Lipinski definition) is 3. The Kier molecular flexibility index (Phi) is 4.40. The Morgan fingerprint density at radius 2 is 1.80 bits per heavy atom. The van der Waals surface area contributed by atoms with Gasteiger partial charge >= 0.3 is 0 Å². The maximum atomic E-state index is 11.8. The topological polar surface area (TPSA) is 49.4 Å². The predicted octanol–water partition coefficient (Wildman–Crippen LogP) is 0.299. The molecule has 0 saturated carbocycles. The molecule has 0 amide bonds. The van der Waals surface area contributed by atoms with Crippen LogP contribution in [0.4, 0.5) is 0 Å². The quantitative estimate of drug-likeness (QED) is 0.788. The van der Waals surface area contributed by atoms with E-state index >= 15 is 0 Å². The zero-order valence-corrected chi connectivity index (χ0v) is 10.6. The first-order valence-corrected chi connectivity index (χ1v) is 6.93. The van der Waals surface area contributed by atoms with E-state index in [0.717, 1.165) is 26.2 Å². The van der Waals surface area contributed by atoms with Gasteiger partial charge in [-0.2, -0.15) is 0 Å². The molecule has 0 radical (unpaired) electrons. The van der Waals surface area contributed by atoms with Crippen LogP contribution in [0.25, 0.3) is 0 Å². The maximum Gasteiger partial charge on any atom is 0.214 e. The van der Waals surface area contributed by atoms with E-state index in [4.69, 9.17) is 0 Å². The summed E-state index contributed by atoms with van der Waals surface area (Å²) in [5.74, 6) is 1.42. The molecule has 0 aromatic heterocycles. The molecule has 90 valence electrons. The van der Waals surface area contributed by atoms with Crippen LogP contribution in [0.1, 0.15) is 13.3 Å². The Hall–Kier alpha value is 0.160. The lowest BCUT2D eigenvalue weighted by Gasteiger charge is -2.16. The summed E-state index contributed by atoms with van der Waals surface area (Å²) < 4.78 is 25.2. The summed E-state index contributed by atoms with van der Waals surface area (Å²) in [6, 6.07) is 0. The zero-order chi connectivity index (χ0) is 10.2. The van der Waals surface area contributed by atoms with E-state index in [1.807, 2.05) is 6.92 Å². The monoisotopic (exact) mass is 254 g/mol. The smallest absolute Gasteiger partial charge is 0.214 e. The number of nitrogens with one attached hydrogen (secondary N) is 1. The molecule has 4 nitrogen and oxygen atoms in total. The summed E-state index contributed by atoms with van der Waals surface area (Å²) in [6.07, 6.45) is 0.715. The second kappa shape index (κ2) is 4.99. The Labute approximate surface area is 97.9 Å². The van der Waals surface area contributed by atoms with Crippen molar-refractivity contribution >= 4 is 22.4 Å². The minimum Gasteiger partial charge on any atom is -0.316 e. The van der Waals surface area contributed by atoms with Crippen molar-refractivity contribution in [3.8, 4) is 0 Å². The summed E-state index contributed by atoms with van der Waals surface area (Å²) in [6.45, 7) is 5.36. The van der Waals surface area contributed by atoms with Crippen molar-refractivity contribution < 1.29 is 8.42 Å². The van der Waals surface area contributed by atoms with Crippen molar-refractivity contribution in [3.05, 3.63) is 0 Å². The minimum atomic E-state index is -2.95. The SMILES string of the molecule is CCCS(=O)(=O)N1C[C@H]2CNC[C@H]2C1.Cl. The molecule has 2 fully saturated rings. The summed E-state index contributed by atoms with van der Waals surface area (Å²) in [5, 5.41) is 3.31. The van der Waals surface area contributed by atoms with Gasteiger partial charge in [0.05, 0.1) is 5.75 Å². The van der Waals surface area contributed by atoms with Gasteiger partial charge < -0.3 is 5.32 Å². The van der Waals surface area contributed by atoms with Crippen molar-refractivity contribution in [1.29, 1.82) is 0 Å². The Bertz CT molecular complexity index is 295. The highest BCUT2D eigenvalue weighted by atomic mass is 35.5. The number of hydrogen-bond donors (Lipinski definition) is 1. The molecule has 1 N–H and O–H groups in total. The van der Waals surface area contributed by atoms with Crippen LogP contribution >= 0.6 is 12.4 Å². The van der Waals surface area contributed by atoms with Gasteiger partial charge in [0.1, 0.15) is 0 Å². The molecule has 0 aromatic carbocycles. The molecule has 2 aliphatic heterocycles. The summed E-state index contributed by atoms with van der Waals surface area (Å²) >= 11 is 0. The fraction of sp³-hybridized carbons (Fsp3) is 1.00. The molecule has 2 rings (SSSR count). The molecule has 0 aromatic rings. The molecular weight excluding hydrogens is 236 g/mol. The average molecular weight is 255 g/mol. The van der Waals surface area contributed by atoms with Crippen LogP contribution in [0, 0.1) is 11.8 Å². The van der Waals surface area contributed by atoms with E-state index < -0.39 is 10.0 Å². The van der Waals surface area contributed by atoms with Crippen LogP contribution in [-0.2, 0) is 10.0 Å². The minimum absolute atomic E-state index is 0. The van der Waals surface area contributed by atoms with Crippen LogP contribution in [-0.4, -0.2) is 44.7 Å².